The Kier molecular flexibility index (Phi) is 6.21. The topological polar surface area (TPSA) is 47.6 Å². The van der Waals surface area contributed by atoms with Gasteiger partial charge in [-0.3, -0.25) is 4.79 Å². The molecule has 4 nitrogen and oxygen atoms in total. The molecule has 4 heteroatoms. The first-order valence-electron chi connectivity index (χ1n) is 10.00. The predicted octanol–water partition coefficient (Wildman–Crippen LogP) is 4.46. The zero-order valence-electron chi connectivity index (χ0n) is 17.4. The maximum atomic E-state index is 11.8. The average Bonchev–Trinajstić information content (AvgIpc) is 2.64. The minimum atomic E-state index is -0.298. The normalized spacial score (nSPS) is 15.7. The smallest absolute Gasteiger partial charge is 0.307 e. The Hall–Kier alpha value is -2.17. The molecule has 0 amide bonds. The molecule has 3 rings (SSSR count). The molecule has 0 bridgehead atoms. The number of rotatable bonds is 7. The van der Waals surface area contributed by atoms with E-state index >= 15 is 0 Å². The van der Waals surface area contributed by atoms with Crippen LogP contribution in [0.5, 0.6) is 0 Å². The lowest BCUT2D eigenvalue weighted by atomic mass is 9.86. The molecule has 1 heterocycles. The molecule has 2 aromatic rings. The molecule has 0 saturated carbocycles. The van der Waals surface area contributed by atoms with Gasteiger partial charge >= 0.3 is 5.97 Å². The van der Waals surface area contributed by atoms with Crippen LogP contribution in [0.15, 0.2) is 48.5 Å². The van der Waals surface area contributed by atoms with Crippen LogP contribution in [0.3, 0.4) is 0 Å². The summed E-state index contributed by atoms with van der Waals surface area (Å²) in [5.41, 5.74) is 4.82. The van der Waals surface area contributed by atoms with Crippen molar-refractivity contribution in [2.45, 2.75) is 51.6 Å². The molecule has 28 heavy (non-hydrogen) atoms. The Balaban J connectivity index is 1.61. The van der Waals surface area contributed by atoms with Gasteiger partial charge in [0.05, 0.1) is 31.8 Å². The van der Waals surface area contributed by atoms with Gasteiger partial charge in [0.2, 0.25) is 0 Å². The fourth-order valence-corrected chi connectivity index (χ4v) is 3.37. The molecule has 1 N–H and O–H groups in total. The number of ether oxygens (including phenoxy) is 2. The fraction of sp³-hybridized carbons (Fsp3) is 0.458. The monoisotopic (exact) mass is 381 g/mol. The molecule has 1 aliphatic rings. The van der Waals surface area contributed by atoms with Crippen LogP contribution in [0.2, 0.25) is 0 Å². The Labute approximate surface area is 168 Å². The van der Waals surface area contributed by atoms with Crippen LogP contribution in [0.4, 0.5) is 0 Å². The van der Waals surface area contributed by atoms with E-state index in [1.54, 1.807) is 0 Å². The van der Waals surface area contributed by atoms with Crippen molar-refractivity contribution >= 4 is 5.97 Å². The van der Waals surface area contributed by atoms with Gasteiger partial charge in [0.15, 0.2) is 0 Å². The highest BCUT2D eigenvalue weighted by molar-refractivity contribution is 5.71. The summed E-state index contributed by atoms with van der Waals surface area (Å²) in [6, 6.07) is 17.4. The summed E-state index contributed by atoms with van der Waals surface area (Å²) in [5.74, 6) is -0.174. The Morgan fingerprint density at radius 2 is 1.61 bits per heavy atom. The van der Waals surface area contributed by atoms with Gasteiger partial charge in [-0.1, -0.05) is 69.3 Å². The van der Waals surface area contributed by atoms with E-state index in [1.807, 2.05) is 6.92 Å². The van der Waals surface area contributed by atoms with Crippen molar-refractivity contribution in [3.05, 3.63) is 59.7 Å². The highest BCUT2D eigenvalue weighted by Crippen LogP contribution is 2.27. The molecule has 2 aromatic carbocycles. The van der Waals surface area contributed by atoms with E-state index in [0.29, 0.717) is 32.8 Å². The third-order valence-electron chi connectivity index (χ3n) is 5.25. The third kappa shape index (κ3) is 5.00. The number of carbonyl (C=O) groups excluding carboxylic acids is 1. The van der Waals surface area contributed by atoms with Gasteiger partial charge in [-0.05, 0) is 34.6 Å². The lowest BCUT2D eigenvalue weighted by molar-refractivity contribution is -0.152. The fourth-order valence-electron chi connectivity index (χ4n) is 3.37. The van der Waals surface area contributed by atoms with Crippen molar-refractivity contribution < 1.29 is 14.3 Å². The summed E-state index contributed by atoms with van der Waals surface area (Å²) >= 11 is 0. The second kappa shape index (κ2) is 8.46. The van der Waals surface area contributed by atoms with Crippen molar-refractivity contribution in [1.29, 1.82) is 0 Å². The molecule has 0 atom stereocenters. The zero-order chi connectivity index (χ0) is 20.2. The maximum absolute atomic E-state index is 11.8. The first-order valence-corrected chi connectivity index (χ1v) is 10.00. The lowest BCUT2D eigenvalue weighted by Crippen LogP contribution is -2.61. The summed E-state index contributed by atoms with van der Waals surface area (Å²) < 4.78 is 10.4. The second-order valence-corrected chi connectivity index (χ2v) is 8.63. The van der Waals surface area contributed by atoms with Gasteiger partial charge in [-0.25, -0.2) is 0 Å². The van der Waals surface area contributed by atoms with Crippen LogP contribution in [-0.2, 0) is 26.2 Å². The first-order chi connectivity index (χ1) is 13.3. The van der Waals surface area contributed by atoms with Crippen LogP contribution in [0.1, 0.15) is 45.2 Å². The van der Waals surface area contributed by atoms with Crippen molar-refractivity contribution in [2.24, 2.45) is 0 Å². The molecule has 0 aliphatic carbocycles. The van der Waals surface area contributed by atoms with E-state index < -0.39 is 0 Å². The van der Waals surface area contributed by atoms with E-state index in [4.69, 9.17) is 9.47 Å². The first kappa shape index (κ1) is 20.6. The van der Waals surface area contributed by atoms with Crippen molar-refractivity contribution in [1.82, 2.24) is 5.32 Å². The summed E-state index contributed by atoms with van der Waals surface area (Å²) in [6.07, 6.45) is 0.346. The number of hydrogen-bond donors (Lipinski definition) is 1. The predicted molar refractivity (Wildman–Crippen MR) is 112 cm³/mol. The van der Waals surface area contributed by atoms with Crippen LogP contribution >= 0.6 is 0 Å². The Morgan fingerprint density at radius 3 is 2.07 bits per heavy atom. The molecule has 0 unspecified atom stereocenters. The largest absolute Gasteiger partial charge is 0.466 e. The lowest BCUT2D eigenvalue weighted by Gasteiger charge is -2.41. The highest BCUT2D eigenvalue weighted by Gasteiger charge is 2.40. The number of benzene rings is 2. The van der Waals surface area contributed by atoms with E-state index in [0.717, 1.165) is 0 Å². The van der Waals surface area contributed by atoms with Gasteiger partial charge in [0, 0.05) is 6.54 Å². The summed E-state index contributed by atoms with van der Waals surface area (Å²) in [5, 5.41) is 3.50. The summed E-state index contributed by atoms with van der Waals surface area (Å²) in [6.45, 7) is 10.7. The minimum absolute atomic E-state index is 0.165. The number of carbonyl (C=O) groups is 1. The average molecular weight is 382 g/mol. The molecule has 0 spiro atoms. The van der Waals surface area contributed by atoms with Crippen LogP contribution in [-0.4, -0.2) is 31.3 Å². The van der Waals surface area contributed by atoms with Gasteiger partial charge in [-0.15, -0.1) is 0 Å². The number of nitrogens with one attached hydrogen (secondary N) is 1. The SMILES string of the molecule is CCOC(=O)CC1(NCc2ccc(-c3ccc(C(C)(C)C)cc3)cc2)COC1. The molecule has 0 radical (unpaired) electrons. The quantitative estimate of drug-likeness (QED) is 0.719. The molecule has 1 aliphatic heterocycles. The van der Waals surface area contributed by atoms with Gasteiger partial charge in [0.25, 0.3) is 0 Å². The van der Waals surface area contributed by atoms with Crippen LogP contribution < -0.4 is 5.32 Å². The summed E-state index contributed by atoms with van der Waals surface area (Å²) in [4.78, 5) is 11.8. The van der Waals surface area contributed by atoms with Crippen LogP contribution in [0.25, 0.3) is 11.1 Å². The van der Waals surface area contributed by atoms with Crippen molar-refractivity contribution in [3.63, 3.8) is 0 Å². The summed E-state index contributed by atoms with van der Waals surface area (Å²) in [7, 11) is 0. The molecular formula is C24H31NO3. The Morgan fingerprint density at radius 1 is 1.04 bits per heavy atom. The van der Waals surface area contributed by atoms with Gasteiger partial charge < -0.3 is 14.8 Å². The van der Waals surface area contributed by atoms with Gasteiger partial charge in [-0.2, -0.15) is 0 Å². The third-order valence-corrected chi connectivity index (χ3v) is 5.25. The highest BCUT2D eigenvalue weighted by atomic mass is 16.5. The minimum Gasteiger partial charge on any atom is -0.466 e. The number of esters is 1. The van der Waals surface area contributed by atoms with Gasteiger partial charge in [0.1, 0.15) is 0 Å². The zero-order valence-corrected chi connectivity index (χ0v) is 17.4. The maximum Gasteiger partial charge on any atom is 0.307 e. The molecule has 1 saturated heterocycles. The van der Waals surface area contributed by atoms with Crippen molar-refractivity contribution in [3.8, 4) is 11.1 Å². The van der Waals surface area contributed by atoms with E-state index in [1.165, 1.54) is 22.3 Å². The van der Waals surface area contributed by atoms with E-state index in [9.17, 15) is 4.79 Å². The molecular weight excluding hydrogens is 350 g/mol. The Bertz CT molecular complexity index is 784. The molecule has 1 fully saturated rings. The standard InChI is InChI=1S/C24H31NO3/c1-5-28-22(26)14-24(16-27-17-24)25-15-18-6-8-19(9-7-18)20-10-12-21(13-11-20)23(2,3)4/h6-13,25H,5,14-17H2,1-4H3. The van der Waals surface area contributed by atoms with E-state index in [2.05, 4.69) is 74.6 Å². The number of hydrogen-bond acceptors (Lipinski definition) is 4. The van der Waals surface area contributed by atoms with Crippen molar-refractivity contribution in [2.75, 3.05) is 19.8 Å². The second-order valence-electron chi connectivity index (χ2n) is 8.63. The van der Waals surface area contributed by atoms with Crippen LogP contribution in [0, 0.1) is 0 Å². The molecule has 150 valence electrons. The van der Waals surface area contributed by atoms with E-state index in [-0.39, 0.29) is 16.9 Å². The molecule has 0 aromatic heterocycles.